The van der Waals surface area contributed by atoms with E-state index in [2.05, 4.69) is 6.58 Å². The first-order chi connectivity index (χ1) is 12.6. The van der Waals surface area contributed by atoms with E-state index < -0.39 is 0 Å². The lowest BCUT2D eigenvalue weighted by atomic mass is 9.65. The van der Waals surface area contributed by atoms with Crippen molar-refractivity contribution in [2.45, 2.75) is 102 Å². The van der Waals surface area contributed by atoms with Crippen LogP contribution in [-0.2, 0) is 14.3 Å². The zero-order valence-corrected chi connectivity index (χ0v) is 16.5. The lowest BCUT2D eigenvalue weighted by Crippen LogP contribution is -2.39. The number of fused-ring (bicyclic) bond motifs is 2. The average molecular weight is 361 g/mol. The fourth-order valence-electron chi connectivity index (χ4n) is 6.09. The molecule has 3 saturated carbocycles. The molecule has 7 unspecified atom stereocenters. The molecular weight excluding hydrogens is 324 g/mol. The van der Waals surface area contributed by atoms with Crippen LogP contribution in [0.2, 0.25) is 0 Å². The Hall–Kier alpha value is -0.830. The van der Waals surface area contributed by atoms with Gasteiger partial charge in [0.1, 0.15) is 6.10 Å². The second kappa shape index (κ2) is 8.04. The number of carbonyl (C=O) groups excluding carboxylic acids is 1. The first-order valence-electron chi connectivity index (χ1n) is 11.1. The molecule has 0 amide bonds. The molecule has 0 aromatic heterocycles. The highest BCUT2D eigenvalue weighted by Gasteiger charge is 2.43. The van der Waals surface area contributed by atoms with Crippen molar-refractivity contribution >= 4 is 5.97 Å². The van der Waals surface area contributed by atoms with Gasteiger partial charge in [0.25, 0.3) is 0 Å². The number of hydrogen-bond acceptors (Lipinski definition) is 3. The summed E-state index contributed by atoms with van der Waals surface area (Å²) in [5.41, 5.74) is 0.534. The normalized spacial score (nSPS) is 41.7. The van der Waals surface area contributed by atoms with Gasteiger partial charge in [0.05, 0.1) is 12.2 Å². The average Bonchev–Trinajstić information content (AvgIpc) is 3.40. The molecule has 146 valence electrons. The molecule has 0 spiro atoms. The van der Waals surface area contributed by atoms with Gasteiger partial charge >= 0.3 is 5.97 Å². The molecule has 1 aliphatic heterocycles. The first-order valence-corrected chi connectivity index (χ1v) is 11.1. The van der Waals surface area contributed by atoms with Gasteiger partial charge in [-0.3, -0.25) is 0 Å². The minimum Gasteiger partial charge on any atom is -0.459 e. The van der Waals surface area contributed by atoms with E-state index in [0.29, 0.717) is 23.7 Å². The Morgan fingerprint density at radius 1 is 1.00 bits per heavy atom. The molecule has 0 bridgehead atoms. The summed E-state index contributed by atoms with van der Waals surface area (Å²) in [4.78, 5) is 11.9. The third-order valence-electron chi connectivity index (χ3n) is 7.64. The molecule has 4 aliphatic rings. The summed E-state index contributed by atoms with van der Waals surface area (Å²) >= 11 is 0. The van der Waals surface area contributed by atoms with Crippen LogP contribution in [0.3, 0.4) is 0 Å². The van der Waals surface area contributed by atoms with E-state index in [9.17, 15) is 4.79 Å². The molecule has 0 N–H and O–H groups in total. The minimum atomic E-state index is -0.188. The van der Waals surface area contributed by atoms with Gasteiger partial charge in [-0.15, -0.1) is 0 Å². The van der Waals surface area contributed by atoms with Crippen LogP contribution < -0.4 is 0 Å². The molecule has 4 rings (SSSR count). The fourth-order valence-corrected chi connectivity index (χ4v) is 6.09. The van der Waals surface area contributed by atoms with Crippen molar-refractivity contribution in [3.05, 3.63) is 12.2 Å². The second-order valence-corrected chi connectivity index (χ2v) is 9.58. The summed E-state index contributed by atoms with van der Waals surface area (Å²) in [6.07, 6.45) is 17.2. The lowest BCUT2D eigenvalue weighted by molar-refractivity contribution is -0.152. The highest BCUT2D eigenvalue weighted by atomic mass is 16.6. The van der Waals surface area contributed by atoms with Crippen molar-refractivity contribution in [3.63, 3.8) is 0 Å². The Morgan fingerprint density at radius 3 is 2.54 bits per heavy atom. The van der Waals surface area contributed by atoms with Gasteiger partial charge in [-0.25, -0.2) is 4.79 Å². The van der Waals surface area contributed by atoms with Gasteiger partial charge in [-0.2, -0.15) is 0 Å². The molecule has 1 saturated heterocycles. The summed E-state index contributed by atoms with van der Waals surface area (Å²) in [7, 11) is 0. The van der Waals surface area contributed by atoms with Crippen LogP contribution >= 0.6 is 0 Å². The monoisotopic (exact) mass is 360 g/mol. The van der Waals surface area contributed by atoms with Crippen LogP contribution in [0.4, 0.5) is 0 Å². The Morgan fingerprint density at radius 2 is 1.77 bits per heavy atom. The molecule has 3 heteroatoms. The van der Waals surface area contributed by atoms with E-state index in [0.717, 1.165) is 24.2 Å². The third-order valence-corrected chi connectivity index (χ3v) is 7.64. The molecule has 3 nitrogen and oxygen atoms in total. The van der Waals surface area contributed by atoms with Crippen LogP contribution in [0.5, 0.6) is 0 Å². The van der Waals surface area contributed by atoms with Crippen LogP contribution in [0, 0.1) is 23.7 Å². The SMILES string of the molecule is C=C(C)C(=O)OC1CCCC2CC(CCCC3CCC4OC4C3)CCC21. The van der Waals surface area contributed by atoms with Gasteiger partial charge in [-0.1, -0.05) is 32.3 Å². The predicted octanol–water partition coefficient (Wildman–Crippen LogP) is 5.43. The standard InChI is InChI=1S/C23H36O3/c1-15(2)23(24)26-20-8-4-7-18-13-16(9-11-19(18)20)5-3-6-17-10-12-21-22(14-17)25-21/h16-22H,1,3-14H2,2H3. The van der Waals surface area contributed by atoms with Crippen molar-refractivity contribution in [1.82, 2.24) is 0 Å². The van der Waals surface area contributed by atoms with E-state index in [1.54, 1.807) is 6.92 Å². The summed E-state index contributed by atoms with van der Waals surface area (Å²) in [5.74, 6) is 3.02. The number of carbonyl (C=O) groups is 1. The van der Waals surface area contributed by atoms with Gasteiger partial charge < -0.3 is 9.47 Å². The Labute approximate surface area is 158 Å². The van der Waals surface area contributed by atoms with Crippen LogP contribution in [0.15, 0.2) is 12.2 Å². The third kappa shape index (κ3) is 4.35. The number of hydrogen-bond donors (Lipinski definition) is 0. The van der Waals surface area contributed by atoms with E-state index in [-0.39, 0.29) is 12.1 Å². The number of rotatable bonds is 6. The van der Waals surface area contributed by atoms with E-state index in [4.69, 9.17) is 9.47 Å². The Balaban J connectivity index is 1.20. The maximum Gasteiger partial charge on any atom is 0.333 e. The molecule has 1 heterocycles. The largest absolute Gasteiger partial charge is 0.459 e. The van der Waals surface area contributed by atoms with Crippen molar-refractivity contribution < 1.29 is 14.3 Å². The van der Waals surface area contributed by atoms with Crippen LogP contribution in [-0.4, -0.2) is 24.3 Å². The van der Waals surface area contributed by atoms with E-state index in [1.807, 2.05) is 0 Å². The Kier molecular flexibility index (Phi) is 5.73. The predicted molar refractivity (Wildman–Crippen MR) is 103 cm³/mol. The van der Waals surface area contributed by atoms with Gasteiger partial charge in [0.2, 0.25) is 0 Å². The molecule has 26 heavy (non-hydrogen) atoms. The molecule has 0 aromatic carbocycles. The highest BCUT2D eigenvalue weighted by molar-refractivity contribution is 5.87. The summed E-state index contributed by atoms with van der Waals surface area (Å²) in [6.45, 7) is 5.49. The van der Waals surface area contributed by atoms with Crippen molar-refractivity contribution in [2.24, 2.45) is 23.7 Å². The maximum atomic E-state index is 11.9. The minimum absolute atomic E-state index is 0.146. The zero-order chi connectivity index (χ0) is 18.1. The molecule has 0 radical (unpaired) electrons. The molecule has 0 aromatic rings. The lowest BCUT2D eigenvalue weighted by Gasteiger charge is -2.43. The zero-order valence-electron chi connectivity index (χ0n) is 16.5. The fraction of sp³-hybridized carbons (Fsp3) is 0.870. The summed E-state index contributed by atoms with van der Waals surface area (Å²) < 4.78 is 11.5. The van der Waals surface area contributed by atoms with Gasteiger partial charge in [-0.05, 0) is 82.0 Å². The smallest absolute Gasteiger partial charge is 0.333 e. The van der Waals surface area contributed by atoms with Crippen LogP contribution in [0.25, 0.3) is 0 Å². The highest BCUT2D eigenvalue weighted by Crippen LogP contribution is 2.46. The van der Waals surface area contributed by atoms with E-state index in [1.165, 1.54) is 70.6 Å². The molecule has 7 atom stereocenters. The molecule has 4 fully saturated rings. The Bertz CT molecular complexity index is 528. The topological polar surface area (TPSA) is 38.8 Å². The maximum absolute atomic E-state index is 11.9. The molecular formula is C23H36O3. The second-order valence-electron chi connectivity index (χ2n) is 9.58. The summed E-state index contributed by atoms with van der Waals surface area (Å²) in [6, 6.07) is 0. The molecule has 3 aliphatic carbocycles. The van der Waals surface area contributed by atoms with Crippen molar-refractivity contribution in [1.29, 1.82) is 0 Å². The summed E-state index contributed by atoms with van der Waals surface area (Å²) in [5, 5.41) is 0. The number of epoxide rings is 1. The first kappa shape index (κ1) is 18.5. The van der Waals surface area contributed by atoms with Crippen LogP contribution in [0.1, 0.15) is 84.0 Å². The van der Waals surface area contributed by atoms with E-state index >= 15 is 0 Å². The number of esters is 1. The van der Waals surface area contributed by atoms with Gasteiger partial charge in [0.15, 0.2) is 0 Å². The number of ether oxygens (including phenoxy) is 2. The van der Waals surface area contributed by atoms with Gasteiger partial charge in [0, 0.05) is 5.57 Å². The quantitative estimate of drug-likeness (QED) is 0.360. The van der Waals surface area contributed by atoms with Crippen molar-refractivity contribution in [3.8, 4) is 0 Å². The van der Waals surface area contributed by atoms with Crippen molar-refractivity contribution in [2.75, 3.05) is 0 Å².